The van der Waals surface area contributed by atoms with Gasteiger partial charge in [0.2, 0.25) is 0 Å². The van der Waals surface area contributed by atoms with E-state index in [0.717, 1.165) is 33.4 Å². The summed E-state index contributed by atoms with van der Waals surface area (Å²) in [5.74, 6) is 0. The first-order valence-electron chi connectivity index (χ1n) is 23.7. The zero-order chi connectivity index (χ0) is 48.2. The Kier molecular flexibility index (Phi) is 19.3. The molecule has 2 aliphatic rings. The fourth-order valence-corrected chi connectivity index (χ4v) is 8.79. The van der Waals surface area contributed by atoms with Crippen molar-refractivity contribution in [1.82, 2.24) is 0 Å². The summed E-state index contributed by atoms with van der Waals surface area (Å²) in [6, 6.07) is 57.5. The maximum Gasteiger partial charge on any atom is 0.169 e. The zero-order valence-electron chi connectivity index (χ0n) is 39.1. The molecule has 0 aromatic heterocycles. The molecule has 1 N–H and O–H groups in total. The highest BCUT2D eigenvalue weighted by Crippen LogP contribution is 2.39. The van der Waals surface area contributed by atoms with Crippen molar-refractivity contribution in [3.8, 4) is 0 Å². The molecular weight excluding hydrogens is 887 g/mol. The largest absolute Gasteiger partial charge is 0.388 e. The molecule has 0 amide bonds. The van der Waals surface area contributed by atoms with Crippen LogP contribution in [-0.4, -0.2) is 85.6 Å². The van der Waals surface area contributed by atoms with Crippen LogP contribution in [0, 0.1) is 0 Å². The monoisotopic (exact) mass is 947 g/mol. The molecule has 1 heterocycles. The summed E-state index contributed by atoms with van der Waals surface area (Å²) in [6.45, 7) is 5.20. The first-order chi connectivity index (χ1) is 34.6. The van der Waals surface area contributed by atoms with Crippen LogP contribution in [0.15, 0.2) is 200 Å². The first kappa shape index (κ1) is 50.4. The van der Waals surface area contributed by atoms with E-state index in [1.807, 2.05) is 182 Å². The summed E-state index contributed by atoms with van der Waals surface area (Å²) >= 11 is 0. The van der Waals surface area contributed by atoms with Gasteiger partial charge in [0.05, 0.1) is 59.0 Å². The number of azide groups is 1. The van der Waals surface area contributed by atoms with Gasteiger partial charge >= 0.3 is 0 Å². The lowest BCUT2D eigenvalue weighted by Gasteiger charge is -2.51. The Balaban J connectivity index is 1.21. The molecule has 8 rings (SSSR count). The number of nitrogens with zero attached hydrogens (tertiary/aromatic N) is 3. The third-order valence-electron chi connectivity index (χ3n) is 12.3. The van der Waals surface area contributed by atoms with E-state index in [2.05, 4.69) is 16.6 Å². The van der Waals surface area contributed by atoms with Crippen molar-refractivity contribution in [2.75, 3.05) is 13.2 Å². The van der Waals surface area contributed by atoms with E-state index in [9.17, 15) is 10.6 Å². The molecule has 1 saturated heterocycles. The lowest BCUT2D eigenvalue weighted by Crippen LogP contribution is -2.69. The van der Waals surface area contributed by atoms with Gasteiger partial charge in [0.25, 0.3) is 0 Å². The predicted octanol–water partition coefficient (Wildman–Crippen LogP) is 9.86. The summed E-state index contributed by atoms with van der Waals surface area (Å²) in [6.07, 6.45) is -8.49. The highest BCUT2D eigenvalue weighted by atomic mass is 16.7. The Hall–Kier alpha value is -6.03. The molecule has 6 aromatic carbocycles. The third-order valence-corrected chi connectivity index (χ3v) is 12.3. The van der Waals surface area contributed by atoms with Crippen molar-refractivity contribution >= 4 is 0 Å². The number of ether oxygens (including phenoxy) is 9. The molecule has 0 radical (unpaired) electrons. The van der Waals surface area contributed by atoms with Gasteiger partial charge in [0, 0.05) is 4.91 Å². The van der Waals surface area contributed by atoms with E-state index in [4.69, 9.17) is 42.6 Å². The van der Waals surface area contributed by atoms with Gasteiger partial charge in [-0.25, -0.2) is 0 Å². The molecule has 0 bridgehead atoms. The van der Waals surface area contributed by atoms with E-state index < -0.39 is 67.3 Å². The summed E-state index contributed by atoms with van der Waals surface area (Å²) in [5, 5.41) is 16.3. The van der Waals surface area contributed by atoms with Crippen molar-refractivity contribution in [3.63, 3.8) is 0 Å². The maximum atomic E-state index is 12.1. The van der Waals surface area contributed by atoms with Gasteiger partial charge < -0.3 is 47.7 Å². The Morgan fingerprint density at radius 1 is 0.471 bits per heavy atom. The van der Waals surface area contributed by atoms with Gasteiger partial charge in [-0.15, -0.1) is 6.58 Å². The van der Waals surface area contributed by atoms with Gasteiger partial charge in [-0.1, -0.05) is 193 Å². The first-order valence-corrected chi connectivity index (χ1v) is 23.7. The molecule has 0 spiro atoms. The Morgan fingerprint density at radius 3 is 1.16 bits per heavy atom. The van der Waals surface area contributed by atoms with Crippen LogP contribution in [0.1, 0.15) is 33.4 Å². The summed E-state index contributed by atoms with van der Waals surface area (Å²) in [5.41, 5.74) is 15.7. The van der Waals surface area contributed by atoms with Crippen LogP contribution in [-0.2, 0) is 82.3 Å². The van der Waals surface area contributed by atoms with Gasteiger partial charge in [-0.2, -0.15) is 0 Å². The van der Waals surface area contributed by atoms with Gasteiger partial charge in [0.15, 0.2) is 6.29 Å². The minimum absolute atomic E-state index is 0.0415. The molecule has 13 heteroatoms. The molecular formula is C57H61N3O10. The minimum atomic E-state index is -1.33. The molecule has 2 fully saturated rings. The van der Waals surface area contributed by atoms with Crippen molar-refractivity contribution in [2.45, 2.75) is 107 Å². The Bertz CT molecular complexity index is 2460. The molecule has 0 unspecified atom stereocenters. The van der Waals surface area contributed by atoms with Crippen molar-refractivity contribution in [1.29, 1.82) is 0 Å². The maximum absolute atomic E-state index is 12.1. The zero-order valence-corrected chi connectivity index (χ0v) is 39.1. The third kappa shape index (κ3) is 14.1. The molecule has 70 heavy (non-hydrogen) atoms. The lowest BCUT2D eigenvalue weighted by atomic mass is 9.83. The number of rotatable bonds is 25. The number of hydrogen-bond acceptors (Lipinski definition) is 11. The van der Waals surface area contributed by atoms with E-state index >= 15 is 0 Å². The fourth-order valence-electron chi connectivity index (χ4n) is 8.79. The minimum Gasteiger partial charge on any atom is -0.388 e. The summed E-state index contributed by atoms with van der Waals surface area (Å²) < 4.78 is 61.6. The van der Waals surface area contributed by atoms with Crippen LogP contribution < -0.4 is 0 Å². The van der Waals surface area contributed by atoms with E-state index in [1.165, 1.54) is 0 Å². The second-order valence-corrected chi connectivity index (χ2v) is 17.2. The van der Waals surface area contributed by atoms with E-state index in [-0.39, 0.29) is 52.9 Å². The van der Waals surface area contributed by atoms with Crippen LogP contribution in [0.25, 0.3) is 10.4 Å². The quantitative estimate of drug-likeness (QED) is 0.0254. The average molecular weight is 948 g/mol. The second-order valence-electron chi connectivity index (χ2n) is 17.2. The molecule has 1 aliphatic carbocycles. The fraction of sp³-hybridized carbons (Fsp3) is 0.333. The smallest absolute Gasteiger partial charge is 0.169 e. The average Bonchev–Trinajstić information content (AvgIpc) is 3.41. The van der Waals surface area contributed by atoms with Crippen molar-refractivity contribution in [3.05, 3.63) is 238 Å². The standard InChI is InChI=1S/C57H61N3O10/c1-2-33-63-54-52(66-37-44-27-15-6-16-28-44)51(65-36-43-25-13-5-14-26-43)53(67-38-45-29-17-7-18-30-45)55(68-39-46-31-19-8-20-32-46)56(54)70-57-48(59-60-58)50(64-35-42-23-11-4-12-24-42)49(61)47(69-57)40-62-34-41-21-9-3-10-22-41/h2-32,47-57,61H,1,33-40H2/t47-,48-,49-,50-,51+,52-,53-,54-,55+,56+,57-/m1/s1. The molecule has 11 atom stereocenters. The van der Waals surface area contributed by atoms with Crippen molar-refractivity contribution in [2.24, 2.45) is 5.11 Å². The van der Waals surface area contributed by atoms with Crippen LogP contribution >= 0.6 is 0 Å². The van der Waals surface area contributed by atoms with Crippen LogP contribution in [0.3, 0.4) is 0 Å². The van der Waals surface area contributed by atoms with Crippen molar-refractivity contribution < 1.29 is 47.7 Å². The van der Waals surface area contributed by atoms with E-state index in [0.29, 0.717) is 0 Å². The summed E-state index contributed by atoms with van der Waals surface area (Å²) in [4.78, 5) is 3.25. The van der Waals surface area contributed by atoms with Crippen LogP contribution in [0.4, 0.5) is 0 Å². The molecule has 364 valence electrons. The molecule has 1 aliphatic heterocycles. The Labute approximate surface area is 410 Å². The molecule has 1 saturated carbocycles. The SMILES string of the molecule is C=CCO[C@@H]1[C@H](OCc2ccccc2)[C@H](OCc2ccccc2)[C@@H](OCc2ccccc2)[C@H](OCc2ccccc2)[C@H]1O[C@H]1O[C@H](COCc2ccccc2)[C@@H](O)[C@H](OCc2ccccc2)[C@H]1N=[N+]=[N-]. The molecule has 6 aromatic rings. The topological polar surface area (TPSA) is 152 Å². The number of hydrogen-bond donors (Lipinski definition) is 1. The Morgan fingerprint density at radius 2 is 0.800 bits per heavy atom. The second kappa shape index (κ2) is 26.8. The van der Waals surface area contributed by atoms with E-state index in [1.54, 1.807) is 6.08 Å². The summed E-state index contributed by atoms with van der Waals surface area (Å²) in [7, 11) is 0. The number of benzene rings is 6. The number of aliphatic hydroxyl groups is 1. The van der Waals surface area contributed by atoms with Crippen LogP contribution in [0.5, 0.6) is 0 Å². The van der Waals surface area contributed by atoms with Gasteiger partial charge in [0.1, 0.15) is 54.9 Å². The van der Waals surface area contributed by atoms with Gasteiger partial charge in [-0.3, -0.25) is 0 Å². The highest BCUT2D eigenvalue weighted by Gasteiger charge is 2.57. The van der Waals surface area contributed by atoms with Crippen LogP contribution in [0.2, 0.25) is 0 Å². The molecule has 13 nitrogen and oxygen atoms in total. The van der Waals surface area contributed by atoms with Gasteiger partial charge in [-0.05, 0) is 38.9 Å². The lowest BCUT2D eigenvalue weighted by molar-refractivity contribution is -0.338. The predicted molar refractivity (Wildman–Crippen MR) is 264 cm³/mol. The highest BCUT2D eigenvalue weighted by molar-refractivity contribution is 5.19. The number of aliphatic hydroxyl groups excluding tert-OH is 1. The normalized spacial score (nSPS) is 25.4.